The number of benzene rings is 3. The van der Waals surface area contributed by atoms with Crippen molar-refractivity contribution in [3.8, 4) is 0 Å². The summed E-state index contributed by atoms with van der Waals surface area (Å²) < 4.78 is 31.4. The van der Waals surface area contributed by atoms with Crippen LogP contribution in [-0.4, -0.2) is 37.9 Å². The van der Waals surface area contributed by atoms with Gasteiger partial charge in [-0.2, -0.15) is 4.99 Å². The van der Waals surface area contributed by atoms with Crippen molar-refractivity contribution < 1.29 is 22.7 Å². The van der Waals surface area contributed by atoms with Crippen LogP contribution in [0, 0.1) is 0 Å². The Morgan fingerprint density at radius 3 is 2.29 bits per heavy atom. The first-order chi connectivity index (χ1) is 16.8. The van der Waals surface area contributed by atoms with Crippen LogP contribution in [0.5, 0.6) is 0 Å². The molecule has 4 rings (SSSR count). The van der Waals surface area contributed by atoms with Gasteiger partial charge < -0.3 is 9.30 Å². The molecule has 10 heteroatoms. The van der Waals surface area contributed by atoms with Crippen LogP contribution in [0.2, 0.25) is 0 Å². The lowest BCUT2D eigenvalue weighted by Gasteiger charge is -2.06. The van der Waals surface area contributed by atoms with E-state index in [0.29, 0.717) is 46.0 Å². The minimum atomic E-state index is -3.87. The van der Waals surface area contributed by atoms with E-state index >= 15 is 0 Å². The number of thiazole rings is 1. The lowest BCUT2D eigenvalue weighted by Crippen LogP contribution is -2.19. The molecule has 0 saturated heterocycles. The highest BCUT2D eigenvalue weighted by Crippen LogP contribution is 2.21. The number of nitrogens with zero attached hydrogens (tertiary/aromatic N) is 2. The summed E-state index contributed by atoms with van der Waals surface area (Å²) in [5.74, 6) is -0.613. The minimum Gasteiger partial charge on any atom is -0.380 e. The van der Waals surface area contributed by atoms with Gasteiger partial charge in [-0.05, 0) is 37.3 Å². The third-order valence-corrected chi connectivity index (χ3v) is 7.23. The number of rotatable bonds is 8. The molecule has 0 fully saturated rings. The third kappa shape index (κ3) is 5.63. The Hall–Kier alpha value is -3.44. The molecular formula is C25H23N3O5S2. The van der Waals surface area contributed by atoms with Crippen molar-refractivity contribution >= 4 is 43.3 Å². The van der Waals surface area contributed by atoms with Crippen LogP contribution in [0.3, 0.4) is 0 Å². The smallest absolute Gasteiger partial charge is 0.279 e. The Bertz CT molecular complexity index is 1550. The number of sulfonamides is 1. The van der Waals surface area contributed by atoms with Gasteiger partial charge in [0, 0.05) is 29.8 Å². The molecule has 8 nitrogen and oxygen atoms in total. The SMILES string of the molecule is CCOCCn1c(=NC(=O)c2ccc(C(=O)c3ccccc3)cc2)sc2cc(S(N)(=O)=O)ccc21. The van der Waals surface area contributed by atoms with Gasteiger partial charge in [0.25, 0.3) is 5.91 Å². The summed E-state index contributed by atoms with van der Waals surface area (Å²) in [6.45, 7) is 3.25. The normalized spacial score (nSPS) is 12.2. The zero-order chi connectivity index (χ0) is 25.0. The van der Waals surface area contributed by atoms with Crippen LogP contribution in [0.1, 0.15) is 33.2 Å². The summed E-state index contributed by atoms with van der Waals surface area (Å²) in [5.41, 5.74) is 2.08. The second kappa shape index (κ2) is 10.4. The first-order valence-corrected chi connectivity index (χ1v) is 13.2. The van der Waals surface area contributed by atoms with Gasteiger partial charge in [0.15, 0.2) is 10.6 Å². The molecule has 0 atom stereocenters. The highest BCUT2D eigenvalue weighted by Gasteiger charge is 2.14. The monoisotopic (exact) mass is 509 g/mol. The molecule has 3 aromatic carbocycles. The van der Waals surface area contributed by atoms with Crippen LogP contribution < -0.4 is 9.94 Å². The van der Waals surface area contributed by atoms with Gasteiger partial charge in [0.2, 0.25) is 10.0 Å². The summed E-state index contributed by atoms with van der Waals surface area (Å²) in [6, 6.07) is 19.8. The molecule has 0 radical (unpaired) electrons. The lowest BCUT2D eigenvalue weighted by atomic mass is 10.0. The van der Waals surface area contributed by atoms with Crippen LogP contribution in [0.4, 0.5) is 0 Å². The summed E-state index contributed by atoms with van der Waals surface area (Å²) in [6.07, 6.45) is 0. The molecular weight excluding hydrogens is 486 g/mol. The zero-order valence-corrected chi connectivity index (χ0v) is 20.5. The Labute approximate surface area is 206 Å². The van der Waals surface area contributed by atoms with Crippen molar-refractivity contribution in [1.29, 1.82) is 0 Å². The van der Waals surface area contributed by atoms with E-state index in [1.165, 1.54) is 23.5 Å². The van der Waals surface area contributed by atoms with Gasteiger partial charge in [-0.3, -0.25) is 9.59 Å². The molecule has 0 spiro atoms. The maximum absolute atomic E-state index is 12.9. The molecule has 0 aliphatic heterocycles. The van der Waals surface area contributed by atoms with Crippen molar-refractivity contribution in [2.24, 2.45) is 10.1 Å². The lowest BCUT2D eigenvalue weighted by molar-refractivity contribution is 0.0993. The zero-order valence-electron chi connectivity index (χ0n) is 18.9. The number of hydrogen-bond acceptors (Lipinski definition) is 6. The average Bonchev–Trinajstić information content (AvgIpc) is 3.20. The van der Waals surface area contributed by atoms with Crippen molar-refractivity contribution in [3.05, 3.63) is 94.3 Å². The first-order valence-electron chi connectivity index (χ1n) is 10.8. The van der Waals surface area contributed by atoms with E-state index in [1.807, 2.05) is 17.6 Å². The molecule has 1 aromatic heterocycles. The van der Waals surface area contributed by atoms with Gasteiger partial charge in [0.1, 0.15) is 0 Å². The number of carbonyl (C=O) groups is 2. The van der Waals surface area contributed by atoms with E-state index < -0.39 is 15.9 Å². The number of nitrogens with two attached hydrogens (primary N) is 1. The molecule has 1 amide bonds. The Morgan fingerprint density at radius 1 is 0.971 bits per heavy atom. The maximum Gasteiger partial charge on any atom is 0.279 e. The molecule has 0 unspecified atom stereocenters. The number of ketones is 1. The minimum absolute atomic E-state index is 0.0141. The Balaban J connectivity index is 1.69. The van der Waals surface area contributed by atoms with Gasteiger partial charge in [0.05, 0.1) is 21.7 Å². The van der Waals surface area contributed by atoms with Crippen molar-refractivity contribution in [2.75, 3.05) is 13.2 Å². The topological polar surface area (TPSA) is 121 Å². The molecule has 0 aliphatic rings. The van der Waals surface area contributed by atoms with E-state index in [4.69, 9.17) is 9.88 Å². The van der Waals surface area contributed by atoms with E-state index in [9.17, 15) is 18.0 Å². The number of amides is 1. The Kier molecular flexibility index (Phi) is 7.37. The highest BCUT2D eigenvalue weighted by atomic mass is 32.2. The van der Waals surface area contributed by atoms with Gasteiger partial charge in [-0.25, -0.2) is 13.6 Å². The molecule has 0 bridgehead atoms. The van der Waals surface area contributed by atoms with Crippen LogP contribution in [0.15, 0.2) is 82.7 Å². The Morgan fingerprint density at radius 2 is 1.63 bits per heavy atom. The third-order valence-electron chi connectivity index (χ3n) is 5.27. The largest absolute Gasteiger partial charge is 0.380 e. The summed E-state index contributed by atoms with van der Waals surface area (Å²) in [4.78, 5) is 30.2. The average molecular weight is 510 g/mol. The van der Waals surface area contributed by atoms with E-state index in [0.717, 1.165) is 5.52 Å². The van der Waals surface area contributed by atoms with E-state index in [-0.39, 0.29) is 10.7 Å². The second-order valence-electron chi connectivity index (χ2n) is 7.60. The summed E-state index contributed by atoms with van der Waals surface area (Å²) >= 11 is 1.19. The molecule has 4 aromatic rings. The van der Waals surface area contributed by atoms with E-state index in [2.05, 4.69) is 4.99 Å². The van der Waals surface area contributed by atoms with Crippen LogP contribution >= 0.6 is 11.3 Å². The summed E-state index contributed by atoms with van der Waals surface area (Å²) in [5, 5.41) is 5.27. The maximum atomic E-state index is 12.9. The van der Waals surface area contributed by atoms with Crippen molar-refractivity contribution in [3.63, 3.8) is 0 Å². The number of carbonyl (C=O) groups excluding carboxylic acids is 2. The van der Waals surface area contributed by atoms with Crippen LogP contribution in [0.25, 0.3) is 10.2 Å². The number of primary sulfonamides is 1. The van der Waals surface area contributed by atoms with Crippen molar-refractivity contribution in [1.82, 2.24) is 4.57 Å². The standard InChI is InChI=1S/C25H23N3O5S2/c1-2-33-15-14-28-21-13-12-20(35(26,31)32)16-22(21)34-25(28)27-24(30)19-10-8-18(9-11-19)23(29)17-6-4-3-5-7-17/h3-13,16H,2,14-15H2,1H3,(H2,26,31,32). The fourth-order valence-electron chi connectivity index (χ4n) is 3.50. The van der Waals surface area contributed by atoms with Gasteiger partial charge in [-0.1, -0.05) is 53.8 Å². The molecule has 1 heterocycles. The summed E-state index contributed by atoms with van der Waals surface area (Å²) in [7, 11) is -3.87. The predicted molar refractivity (Wildman–Crippen MR) is 134 cm³/mol. The first kappa shape index (κ1) is 24.7. The number of fused-ring (bicyclic) bond motifs is 1. The number of hydrogen-bond donors (Lipinski definition) is 1. The molecule has 2 N–H and O–H groups in total. The fourth-order valence-corrected chi connectivity index (χ4v) is 5.21. The highest BCUT2D eigenvalue weighted by molar-refractivity contribution is 7.89. The molecule has 35 heavy (non-hydrogen) atoms. The quantitative estimate of drug-likeness (QED) is 0.288. The van der Waals surface area contributed by atoms with Crippen LogP contribution in [-0.2, 0) is 21.3 Å². The predicted octanol–water partition coefficient (Wildman–Crippen LogP) is 3.36. The second-order valence-corrected chi connectivity index (χ2v) is 10.2. The molecule has 0 saturated carbocycles. The van der Waals surface area contributed by atoms with Gasteiger partial charge in [-0.15, -0.1) is 0 Å². The van der Waals surface area contributed by atoms with E-state index in [1.54, 1.807) is 54.6 Å². The molecule has 0 aliphatic carbocycles. The number of aromatic nitrogens is 1. The van der Waals surface area contributed by atoms with Gasteiger partial charge >= 0.3 is 0 Å². The van der Waals surface area contributed by atoms with Crippen molar-refractivity contribution in [2.45, 2.75) is 18.4 Å². The fraction of sp³-hybridized carbons (Fsp3) is 0.160. The molecule has 180 valence electrons. The number of ether oxygens (including phenoxy) is 1.